The van der Waals surface area contributed by atoms with Gasteiger partial charge in [0.2, 0.25) is 0 Å². The molecule has 170 valence electrons. The summed E-state index contributed by atoms with van der Waals surface area (Å²) in [5.74, 6) is 1.74. The molecule has 30 heavy (non-hydrogen) atoms. The molecule has 7 atom stereocenters. The number of Topliss-reactive ketones (excluding diaryl/α,β-unsaturated/α-hetero) is 2. The fourth-order valence-corrected chi connectivity index (χ4v) is 8.86. The molecule has 6 unspecified atom stereocenters. The lowest BCUT2D eigenvalue weighted by Gasteiger charge is -2.60. The molecule has 0 aromatic carbocycles. The number of aliphatic hydroxyl groups excluding tert-OH is 2. The summed E-state index contributed by atoms with van der Waals surface area (Å²) < 4.78 is 0. The van der Waals surface area contributed by atoms with Crippen LogP contribution in [0.15, 0.2) is 10.5 Å². The second-order valence-corrected chi connectivity index (χ2v) is 11.3. The molecule has 4 rings (SSSR count). The maximum atomic E-state index is 12.7. The Bertz CT molecular complexity index is 739. The van der Waals surface area contributed by atoms with Gasteiger partial charge in [-0.25, -0.2) is 0 Å². The molecule has 0 aliphatic heterocycles. The monoisotopic (exact) mass is 439 g/mol. The molecule has 0 saturated heterocycles. The maximum Gasteiger partial charge on any atom is 0.169 e. The molecule has 0 bridgehead atoms. The van der Waals surface area contributed by atoms with Crippen molar-refractivity contribution < 1.29 is 25.3 Å². The van der Waals surface area contributed by atoms with Gasteiger partial charge in [-0.05, 0) is 72.7 Å². The summed E-state index contributed by atoms with van der Waals surface area (Å²) in [6.45, 7) is 4.60. The first kappa shape index (κ1) is 23.9. The van der Waals surface area contributed by atoms with Crippen LogP contribution in [-0.4, -0.2) is 52.3 Å². The highest BCUT2D eigenvalue weighted by Crippen LogP contribution is 2.67. The topological polar surface area (TPSA) is 132 Å². The number of fused-ring (bicyclic) bond motifs is 5. The molecule has 6 nitrogen and oxygen atoms in total. The van der Waals surface area contributed by atoms with Crippen LogP contribution in [0.25, 0.3) is 0 Å². The van der Waals surface area contributed by atoms with Gasteiger partial charge in [0.1, 0.15) is 6.61 Å². The van der Waals surface area contributed by atoms with E-state index in [4.69, 9.17) is 5.73 Å². The van der Waals surface area contributed by atoms with Gasteiger partial charge < -0.3 is 21.4 Å². The first-order valence-corrected chi connectivity index (χ1v) is 12.2. The molecule has 7 heteroatoms. The average Bonchev–Trinajstić information content (AvgIpc) is 3.03. The van der Waals surface area contributed by atoms with Gasteiger partial charge in [0.15, 0.2) is 11.6 Å². The van der Waals surface area contributed by atoms with Crippen molar-refractivity contribution in [3.05, 3.63) is 10.5 Å². The molecule has 0 radical (unpaired) electrons. The predicted molar refractivity (Wildman–Crippen MR) is 118 cm³/mol. The predicted octanol–water partition coefficient (Wildman–Crippen LogP) is 1.86. The second kappa shape index (κ2) is 8.66. The van der Waals surface area contributed by atoms with E-state index in [-0.39, 0.29) is 39.7 Å². The quantitative estimate of drug-likeness (QED) is 0.599. The number of thioether (sulfide) groups is 1. The van der Waals surface area contributed by atoms with Crippen LogP contribution in [-0.2, 0) is 9.59 Å². The number of hydrogen-bond donors (Lipinski definition) is 3. The molecule has 0 aromatic rings. The molecular weight excluding hydrogens is 402 g/mol. The van der Waals surface area contributed by atoms with E-state index >= 15 is 0 Å². The Hall–Kier alpha value is -0.730. The highest BCUT2D eigenvalue weighted by molar-refractivity contribution is 8.04. The number of carbonyl (C=O) groups is 2. The lowest BCUT2D eigenvalue weighted by molar-refractivity contribution is -0.146. The van der Waals surface area contributed by atoms with Crippen LogP contribution in [0.4, 0.5) is 0 Å². The number of allylic oxidation sites excluding steroid dienone is 1. The molecule has 0 aromatic heterocycles. The molecular formula is C23H37NO5S. The van der Waals surface area contributed by atoms with E-state index in [9.17, 15) is 19.8 Å². The largest absolute Gasteiger partial charge is 0.412 e. The van der Waals surface area contributed by atoms with E-state index < -0.39 is 12.7 Å². The third kappa shape index (κ3) is 3.41. The Morgan fingerprint density at radius 2 is 1.97 bits per heavy atom. The Labute approximate surface area is 183 Å². The van der Waals surface area contributed by atoms with E-state index in [1.165, 1.54) is 5.57 Å². The van der Waals surface area contributed by atoms with Crippen molar-refractivity contribution in [3.8, 4) is 0 Å². The van der Waals surface area contributed by atoms with Crippen molar-refractivity contribution in [2.75, 3.05) is 18.9 Å². The number of nitrogens with two attached hydrogens (primary N) is 1. The summed E-state index contributed by atoms with van der Waals surface area (Å²) in [4.78, 5) is 26.0. The zero-order valence-electron chi connectivity index (χ0n) is 18.2. The highest BCUT2D eigenvalue weighted by Gasteiger charge is 2.63. The fourth-order valence-electron chi connectivity index (χ4n) is 7.76. The summed E-state index contributed by atoms with van der Waals surface area (Å²) in [5.41, 5.74) is 6.60. The summed E-state index contributed by atoms with van der Waals surface area (Å²) in [7, 11) is 0. The zero-order valence-corrected chi connectivity index (χ0v) is 19.0. The Kier molecular flexibility index (Phi) is 6.91. The molecule has 6 N–H and O–H groups in total. The minimum absolute atomic E-state index is 0. The van der Waals surface area contributed by atoms with Gasteiger partial charge in [0.05, 0.1) is 11.0 Å². The number of aliphatic hydroxyl groups is 2. The zero-order chi connectivity index (χ0) is 21.0. The van der Waals surface area contributed by atoms with E-state index in [0.29, 0.717) is 31.2 Å². The van der Waals surface area contributed by atoms with Crippen LogP contribution >= 0.6 is 11.8 Å². The van der Waals surface area contributed by atoms with Gasteiger partial charge in [-0.2, -0.15) is 0 Å². The minimum Gasteiger partial charge on any atom is -0.412 e. The molecule has 3 fully saturated rings. The van der Waals surface area contributed by atoms with Crippen LogP contribution in [0.3, 0.4) is 0 Å². The van der Waals surface area contributed by atoms with Crippen LogP contribution in [0, 0.1) is 34.5 Å². The number of carbonyl (C=O) groups excluding carboxylic acids is 2. The van der Waals surface area contributed by atoms with Crippen LogP contribution in [0.2, 0.25) is 0 Å². The Morgan fingerprint density at radius 1 is 1.23 bits per heavy atom. The van der Waals surface area contributed by atoms with Crippen molar-refractivity contribution in [2.24, 2.45) is 40.2 Å². The normalized spacial score (nSPS) is 42.8. The standard InChI is InChI=1S/C23H35NO4S.H2O/c1-22-8-7-17(26)21(29-10-9-24)16(22)4-3-13-14-5-6-15(19(28)12-25)23(14,2)11-18(27)20(13)22;/h13-15,18,20,25,27H,3-12,24H2,1-2H3;1H2/t13?,14?,15-,18?,20?,22?,23?;/m1./s1. The maximum absolute atomic E-state index is 12.7. The van der Waals surface area contributed by atoms with Gasteiger partial charge in [0.25, 0.3) is 0 Å². The summed E-state index contributed by atoms with van der Waals surface area (Å²) in [6.07, 6.45) is 5.24. The van der Waals surface area contributed by atoms with Crippen molar-refractivity contribution in [1.29, 1.82) is 0 Å². The van der Waals surface area contributed by atoms with E-state index in [2.05, 4.69) is 13.8 Å². The third-order valence-electron chi connectivity index (χ3n) is 8.91. The van der Waals surface area contributed by atoms with Crippen LogP contribution < -0.4 is 5.73 Å². The molecule has 0 heterocycles. The number of ketones is 2. The third-order valence-corrected chi connectivity index (χ3v) is 10.1. The average molecular weight is 440 g/mol. The number of rotatable bonds is 5. The molecule has 4 aliphatic carbocycles. The molecule has 3 saturated carbocycles. The lowest BCUT2D eigenvalue weighted by atomic mass is 9.46. The van der Waals surface area contributed by atoms with Gasteiger partial charge >= 0.3 is 0 Å². The van der Waals surface area contributed by atoms with Crippen molar-refractivity contribution in [3.63, 3.8) is 0 Å². The Morgan fingerprint density at radius 3 is 2.63 bits per heavy atom. The second-order valence-electron chi connectivity index (χ2n) is 10.2. The van der Waals surface area contributed by atoms with E-state index in [0.717, 1.165) is 42.8 Å². The first-order chi connectivity index (χ1) is 13.8. The van der Waals surface area contributed by atoms with Gasteiger partial charge in [-0.3, -0.25) is 9.59 Å². The van der Waals surface area contributed by atoms with Gasteiger partial charge in [-0.1, -0.05) is 13.8 Å². The fraction of sp³-hybridized carbons (Fsp3) is 0.826. The Balaban J connectivity index is 0.00000256. The summed E-state index contributed by atoms with van der Waals surface area (Å²) >= 11 is 1.61. The van der Waals surface area contributed by atoms with E-state index in [1.807, 2.05) is 0 Å². The number of hydrogen-bond acceptors (Lipinski definition) is 6. The lowest BCUT2D eigenvalue weighted by Crippen LogP contribution is -2.57. The van der Waals surface area contributed by atoms with Crippen molar-refractivity contribution in [1.82, 2.24) is 0 Å². The van der Waals surface area contributed by atoms with E-state index in [1.54, 1.807) is 11.8 Å². The van der Waals surface area contributed by atoms with Gasteiger partial charge in [0, 0.05) is 24.6 Å². The highest BCUT2D eigenvalue weighted by atomic mass is 32.2. The van der Waals surface area contributed by atoms with Crippen molar-refractivity contribution in [2.45, 2.75) is 64.9 Å². The van der Waals surface area contributed by atoms with Gasteiger partial charge in [-0.15, -0.1) is 11.8 Å². The minimum atomic E-state index is -0.470. The summed E-state index contributed by atoms with van der Waals surface area (Å²) in [6, 6.07) is 0. The molecule has 0 spiro atoms. The van der Waals surface area contributed by atoms with Crippen LogP contribution in [0.1, 0.15) is 58.8 Å². The van der Waals surface area contributed by atoms with Crippen molar-refractivity contribution >= 4 is 23.3 Å². The molecule has 0 amide bonds. The summed E-state index contributed by atoms with van der Waals surface area (Å²) in [5, 5.41) is 20.9. The van der Waals surface area contributed by atoms with Crippen LogP contribution in [0.5, 0.6) is 0 Å². The first-order valence-electron chi connectivity index (χ1n) is 11.2. The molecule has 4 aliphatic rings. The smallest absolute Gasteiger partial charge is 0.169 e. The SMILES string of the molecule is CC12CCC(=O)C(SCCN)=C1CCC1C2C(O)CC2(C)C1CC[C@@H]2C(=O)CO.O.